The van der Waals surface area contributed by atoms with Gasteiger partial charge in [0.2, 0.25) is 0 Å². The molecular formula is C25H27N3O3S. The number of rotatable bonds is 5. The van der Waals surface area contributed by atoms with E-state index in [0.29, 0.717) is 31.3 Å². The lowest BCUT2D eigenvalue weighted by molar-refractivity contribution is 0.103. The van der Waals surface area contributed by atoms with Gasteiger partial charge in [-0.3, -0.25) is 4.79 Å². The van der Waals surface area contributed by atoms with E-state index in [9.17, 15) is 4.79 Å². The van der Waals surface area contributed by atoms with Crippen molar-refractivity contribution in [1.29, 1.82) is 0 Å². The largest absolute Gasteiger partial charge is 0.378 e. The number of thiophene rings is 1. The minimum Gasteiger partial charge on any atom is -0.378 e. The maximum absolute atomic E-state index is 13.3. The first kappa shape index (κ1) is 21.0. The van der Waals surface area contributed by atoms with Crippen molar-refractivity contribution in [2.45, 2.75) is 0 Å². The van der Waals surface area contributed by atoms with Crippen molar-refractivity contribution in [3.05, 3.63) is 65.5 Å². The van der Waals surface area contributed by atoms with Gasteiger partial charge in [-0.1, -0.05) is 42.5 Å². The fourth-order valence-electron chi connectivity index (χ4n) is 4.16. The summed E-state index contributed by atoms with van der Waals surface area (Å²) in [6.45, 7) is 6.15. The van der Waals surface area contributed by atoms with E-state index in [1.807, 2.05) is 42.5 Å². The number of amides is 1. The molecule has 0 bridgehead atoms. The summed E-state index contributed by atoms with van der Waals surface area (Å²) in [6, 6.07) is 20.3. The molecule has 166 valence electrons. The quantitative estimate of drug-likeness (QED) is 0.628. The molecule has 5 rings (SSSR count). The molecule has 2 fully saturated rings. The molecule has 2 aliphatic heterocycles. The van der Waals surface area contributed by atoms with Crippen LogP contribution in [0.2, 0.25) is 0 Å². The highest BCUT2D eigenvalue weighted by atomic mass is 32.1. The second kappa shape index (κ2) is 9.73. The molecule has 1 N–H and O–H groups in total. The van der Waals surface area contributed by atoms with E-state index in [1.54, 1.807) is 11.3 Å². The van der Waals surface area contributed by atoms with E-state index in [2.05, 4.69) is 33.3 Å². The predicted molar refractivity (Wildman–Crippen MR) is 130 cm³/mol. The van der Waals surface area contributed by atoms with E-state index >= 15 is 0 Å². The summed E-state index contributed by atoms with van der Waals surface area (Å²) < 4.78 is 11.0. The van der Waals surface area contributed by atoms with E-state index < -0.39 is 0 Å². The third-order valence-corrected chi connectivity index (χ3v) is 7.02. The van der Waals surface area contributed by atoms with E-state index in [1.165, 1.54) is 0 Å². The molecule has 6 nitrogen and oxygen atoms in total. The number of ether oxygens (including phenoxy) is 2. The molecule has 1 amide bonds. The van der Waals surface area contributed by atoms with E-state index in [4.69, 9.17) is 9.47 Å². The average Bonchev–Trinajstić information content (AvgIpc) is 3.32. The molecule has 1 aromatic heterocycles. The van der Waals surface area contributed by atoms with Gasteiger partial charge >= 0.3 is 0 Å². The second-order valence-corrected chi connectivity index (χ2v) is 8.90. The van der Waals surface area contributed by atoms with Crippen molar-refractivity contribution < 1.29 is 14.3 Å². The number of carbonyl (C=O) groups excluding carboxylic acids is 1. The monoisotopic (exact) mass is 449 g/mol. The molecule has 3 heterocycles. The second-order valence-electron chi connectivity index (χ2n) is 7.87. The number of benzene rings is 2. The Bertz CT molecular complexity index is 1060. The van der Waals surface area contributed by atoms with Gasteiger partial charge < -0.3 is 24.6 Å². The Morgan fingerprint density at radius 3 is 2.16 bits per heavy atom. The molecule has 0 spiro atoms. The Balaban J connectivity index is 1.44. The highest BCUT2D eigenvalue weighted by Gasteiger charge is 2.23. The summed E-state index contributed by atoms with van der Waals surface area (Å²) in [5.41, 5.74) is 4.10. The predicted octanol–water partition coefficient (Wildman–Crippen LogP) is 4.34. The fourth-order valence-corrected chi connectivity index (χ4v) is 5.29. The SMILES string of the molecule is O=C(Nc1ccccc1N1CCOCC1)c1cc(-c2ccccc2)c(N2CCOCC2)s1. The van der Waals surface area contributed by atoms with Gasteiger partial charge in [-0.15, -0.1) is 11.3 Å². The van der Waals surface area contributed by atoms with Crippen molar-refractivity contribution >= 4 is 33.6 Å². The molecule has 0 unspecified atom stereocenters. The molecule has 32 heavy (non-hydrogen) atoms. The van der Waals surface area contributed by atoms with Crippen LogP contribution in [0, 0.1) is 0 Å². The molecule has 2 aliphatic rings. The number of anilines is 3. The summed E-state index contributed by atoms with van der Waals surface area (Å²) in [4.78, 5) is 18.6. The van der Waals surface area contributed by atoms with Gasteiger partial charge in [-0.05, 0) is 23.8 Å². The van der Waals surface area contributed by atoms with Crippen LogP contribution in [0.1, 0.15) is 9.67 Å². The summed E-state index contributed by atoms with van der Waals surface area (Å²) in [6.07, 6.45) is 0. The minimum atomic E-state index is -0.0765. The summed E-state index contributed by atoms with van der Waals surface area (Å²) in [7, 11) is 0. The molecule has 2 aromatic carbocycles. The smallest absolute Gasteiger partial charge is 0.265 e. The van der Waals surface area contributed by atoms with E-state index in [0.717, 1.165) is 53.7 Å². The third kappa shape index (κ3) is 4.50. The zero-order valence-corrected chi connectivity index (χ0v) is 18.8. The lowest BCUT2D eigenvalue weighted by Gasteiger charge is -2.30. The molecule has 0 atom stereocenters. The molecule has 0 saturated carbocycles. The number of hydrogen-bond donors (Lipinski definition) is 1. The van der Waals surface area contributed by atoms with Crippen molar-refractivity contribution in [2.75, 3.05) is 67.7 Å². The van der Waals surface area contributed by atoms with Crippen LogP contribution in [-0.2, 0) is 9.47 Å². The van der Waals surface area contributed by atoms with Crippen LogP contribution < -0.4 is 15.1 Å². The minimum absolute atomic E-state index is 0.0765. The van der Waals surface area contributed by atoms with Crippen LogP contribution >= 0.6 is 11.3 Å². The lowest BCUT2D eigenvalue weighted by atomic mass is 10.1. The maximum atomic E-state index is 13.3. The van der Waals surface area contributed by atoms with Gasteiger partial charge in [0.15, 0.2) is 0 Å². The molecule has 2 saturated heterocycles. The Kier molecular flexibility index (Phi) is 6.39. The zero-order chi connectivity index (χ0) is 21.8. The Morgan fingerprint density at radius 1 is 0.812 bits per heavy atom. The Hall–Kier alpha value is -2.87. The fraction of sp³-hybridized carbons (Fsp3) is 0.320. The normalized spacial score (nSPS) is 16.8. The standard InChI is InChI=1S/C25H27N3O3S/c29-24(26-21-8-4-5-9-22(21)27-10-14-30-15-11-27)23-18-20(19-6-2-1-3-7-19)25(32-23)28-12-16-31-17-13-28/h1-9,18H,10-17H2,(H,26,29). The molecule has 0 radical (unpaired) electrons. The summed E-state index contributed by atoms with van der Waals surface area (Å²) >= 11 is 1.55. The Labute approximate surface area is 192 Å². The molecule has 3 aromatic rings. The van der Waals surface area contributed by atoms with Crippen LogP contribution in [0.3, 0.4) is 0 Å². The molecule has 0 aliphatic carbocycles. The highest BCUT2D eigenvalue weighted by molar-refractivity contribution is 7.18. The van der Waals surface area contributed by atoms with Crippen LogP contribution in [0.4, 0.5) is 16.4 Å². The highest BCUT2D eigenvalue weighted by Crippen LogP contribution is 2.40. The van der Waals surface area contributed by atoms with Crippen LogP contribution in [-0.4, -0.2) is 58.5 Å². The van der Waals surface area contributed by atoms with Gasteiger partial charge in [0.25, 0.3) is 5.91 Å². The lowest BCUT2D eigenvalue weighted by Crippen LogP contribution is -2.36. The topological polar surface area (TPSA) is 54.0 Å². The number of nitrogens with zero attached hydrogens (tertiary/aromatic N) is 2. The Morgan fingerprint density at radius 2 is 1.44 bits per heavy atom. The maximum Gasteiger partial charge on any atom is 0.265 e. The summed E-state index contributed by atoms with van der Waals surface area (Å²) in [5.74, 6) is -0.0765. The zero-order valence-electron chi connectivity index (χ0n) is 18.0. The van der Waals surface area contributed by atoms with Gasteiger partial charge in [-0.25, -0.2) is 0 Å². The van der Waals surface area contributed by atoms with Gasteiger partial charge in [-0.2, -0.15) is 0 Å². The van der Waals surface area contributed by atoms with Crippen LogP contribution in [0.5, 0.6) is 0 Å². The number of morpholine rings is 2. The average molecular weight is 450 g/mol. The van der Waals surface area contributed by atoms with Gasteiger partial charge in [0.05, 0.1) is 47.7 Å². The molecular weight excluding hydrogens is 422 g/mol. The number of para-hydroxylation sites is 2. The van der Waals surface area contributed by atoms with Gasteiger partial charge in [0, 0.05) is 31.7 Å². The number of carbonyl (C=O) groups is 1. The number of nitrogens with one attached hydrogen (secondary N) is 1. The van der Waals surface area contributed by atoms with Crippen molar-refractivity contribution in [2.24, 2.45) is 0 Å². The number of hydrogen-bond acceptors (Lipinski definition) is 6. The van der Waals surface area contributed by atoms with E-state index in [-0.39, 0.29) is 5.91 Å². The first-order valence-electron chi connectivity index (χ1n) is 11.0. The van der Waals surface area contributed by atoms with Crippen molar-refractivity contribution in [3.63, 3.8) is 0 Å². The van der Waals surface area contributed by atoms with Gasteiger partial charge in [0.1, 0.15) is 0 Å². The first-order valence-corrected chi connectivity index (χ1v) is 11.9. The van der Waals surface area contributed by atoms with Crippen LogP contribution in [0.25, 0.3) is 11.1 Å². The molecule has 7 heteroatoms. The van der Waals surface area contributed by atoms with Crippen LogP contribution in [0.15, 0.2) is 60.7 Å². The van der Waals surface area contributed by atoms with Crippen molar-refractivity contribution in [3.8, 4) is 11.1 Å². The first-order chi connectivity index (χ1) is 15.8. The third-order valence-electron chi connectivity index (χ3n) is 5.82. The summed E-state index contributed by atoms with van der Waals surface area (Å²) in [5, 5.41) is 4.30. The van der Waals surface area contributed by atoms with Crippen molar-refractivity contribution in [1.82, 2.24) is 0 Å².